The van der Waals surface area contributed by atoms with Crippen molar-refractivity contribution in [2.24, 2.45) is 5.41 Å². The number of hydrogen-bond donors (Lipinski definition) is 1. The summed E-state index contributed by atoms with van der Waals surface area (Å²) in [6.45, 7) is 11.6. The number of piperidine rings is 1. The molecule has 2 amide bonds. The zero-order valence-corrected chi connectivity index (χ0v) is 19.6. The zero-order chi connectivity index (χ0) is 23.4. The van der Waals surface area contributed by atoms with Crippen molar-refractivity contribution in [3.63, 3.8) is 0 Å². The second-order valence-electron chi connectivity index (χ2n) is 10.2. The van der Waals surface area contributed by atoms with Crippen LogP contribution >= 0.6 is 0 Å². The molecule has 32 heavy (non-hydrogen) atoms. The van der Waals surface area contributed by atoms with Gasteiger partial charge in [0.05, 0.1) is 12.4 Å². The van der Waals surface area contributed by atoms with Crippen LogP contribution in [0, 0.1) is 5.41 Å². The fraction of sp³-hybridized carbons (Fsp3) is 0.542. The Hall–Kier alpha value is -3.03. The molecule has 8 heteroatoms. The van der Waals surface area contributed by atoms with Gasteiger partial charge in [0.15, 0.2) is 0 Å². The van der Waals surface area contributed by atoms with Crippen LogP contribution in [0.5, 0.6) is 5.75 Å². The monoisotopic (exact) mass is 442 g/mol. The summed E-state index contributed by atoms with van der Waals surface area (Å²) in [6.07, 6.45) is 5.29. The number of aromatic nitrogens is 2. The molecule has 0 atom stereocenters. The molecule has 1 aromatic heterocycles. The maximum Gasteiger partial charge on any atom is 0.415 e. The lowest BCUT2D eigenvalue weighted by Gasteiger charge is -2.33. The van der Waals surface area contributed by atoms with Gasteiger partial charge in [0, 0.05) is 37.0 Å². The molecule has 1 aliphatic heterocycles. The molecule has 174 valence electrons. The lowest BCUT2D eigenvalue weighted by Crippen LogP contribution is -2.45. The number of hydrogen-bond acceptors (Lipinski definition) is 5. The molecule has 1 aromatic carbocycles. The lowest BCUT2D eigenvalue weighted by atomic mass is 9.81. The van der Waals surface area contributed by atoms with E-state index in [2.05, 4.69) is 31.2 Å². The first-order chi connectivity index (χ1) is 15.0. The van der Waals surface area contributed by atoms with Crippen LogP contribution in [0.3, 0.4) is 0 Å². The highest BCUT2D eigenvalue weighted by Gasteiger charge is 2.28. The van der Waals surface area contributed by atoms with E-state index in [0.29, 0.717) is 37.2 Å². The van der Waals surface area contributed by atoms with Crippen molar-refractivity contribution >= 4 is 12.0 Å². The molecule has 2 heterocycles. The van der Waals surface area contributed by atoms with E-state index in [-0.39, 0.29) is 23.0 Å². The molecule has 1 fully saturated rings. The first-order valence-corrected chi connectivity index (χ1v) is 11.1. The Morgan fingerprint density at radius 2 is 1.75 bits per heavy atom. The lowest BCUT2D eigenvalue weighted by molar-refractivity contribution is -0.0162. The van der Waals surface area contributed by atoms with Crippen LogP contribution in [0.15, 0.2) is 42.7 Å². The van der Waals surface area contributed by atoms with Gasteiger partial charge in [0.1, 0.15) is 11.9 Å². The molecule has 8 nitrogen and oxygen atoms in total. The molecule has 0 spiro atoms. The van der Waals surface area contributed by atoms with Crippen LogP contribution < -0.4 is 14.9 Å². The summed E-state index contributed by atoms with van der Waals surface area (Å²) in [4.78, 5) is 34.0. The zero-order valence-electron chi connectivity index (χ0n) is 19.6. The number of nitrogens with one attached hydrogen (secondary N) is 1. The van der Waals surface area contributed by atoms with Gasteiger partial charge in [0.2, 0.25) is 0 Å². The van der Waals surface area contributed by atoms with E-state index in [0.717, 1.165) is 6.42 Å². The molecule has 3 rings (SSSR count). The molecule has 0 aliphatic carbocycles. The summed E-state index contributed by atoms with van der Waals surface area (Å²) < 4.78 is 5.49. The SMILES string of the molecule is CC(C)(C)CC(C)(C)NC(=O)c1ccc(OC(=O)N2CCC(On3cccn3)CC2)cc1. The predicted molar refractivity (Wildman–Crippen MR) is 121 cm³/mol. The minimum absolute atomic E-state index is 0.0132. The first-order valence-electron chi connectivity index (χ1n) is 11.1. The predicted octanol–water partition coefficient (Wildman–Crippen LogP) is 3.92. The standard InChI is InChI=1S/C24H34N4O4/c1-23(2,3)17-24(4,5)26-21(29)18-7-9-19(10-8-18)31-22(30)27-15-11-20(12-16-27)32-28-14-6-13-25-28/h6-10,13-14,20H,11-12,15-17H2,1-5H3,(H,26,29). The minimum atomic E-state index is -0.397. The third-order valence-electron chi connectivity index (χ3n) is 5.18. The molecule has 0 bridgehead atoms. The fourth-order valence-corrected chi connectivity index (χ4v) is 4.20. The quantitative estimate of drug-likeness (QED) is 0.733. The molecule has 1 aliphatic rings. The van der Waals surface area contributed by atoms with Crippen molar-refractivity contribution in [3.8, 4) is 5.75 Å². The van der Waals surface area contributed by atoms with Crippen LogP contribution in [-0.2, 0) is 0 Å². The molecule has 0 saturated carbocycles. The van der Waals surface area contributed by atoms with Crippen molar-refractivity contribution in [1.29, 1.82) is 0 Å². The van der Waals surface area contributed by atoms with Crippen LogP contribution in [-0.4, -0.2) is 51.6 Å². The normalized spacial score (nSPS) is 15.3. The Kier molecular flexibility index (Phi) is 7.11. The summed E-state index contributed by atoms with van der Waals surface area (Å²) >= 11 is 0. The number of nitrogens with zero attached hydrogens (tertiary/aromatic N) is 3. The molecule has 0 radical (unpaired) electrons. The van der Waals surface area contributed by atoms with Gasteiger partial charge >= 0.3 is 6.09 Å². The van der Waals surface area contributed by atoms with E-state index in [4.69, 9.17) is 9.57 Å². The van der Waals surface area contributed by atoms with E-state index in [1.165, 1.54) is 4.85 Å². The van der Waals surface area contributed by atoms with Gasteiger partial charge in [-0.05, 0) is 56.0 Å². The van der Waals surface area contributed by atoms with E-state index < -0.39 is 6.09 Å². The highest BCUT2D eigenvalue weighted by atomic mass is 16.7. The van der Waals surface area contributed by atoms with Gasteiger partial charge in [-0.2, -0.15) is 0 Å². The Morgan fingerprint density at radius 3 is 2.31 bits per heavy atom. The van der Waals surface area contributed by atoms with Gasteiger partial charge in [-0.1, -0.05) is 20.8 Å². The summed E-state index contributed by atoms with van der Waals surface area (Å²) in [5, 5.41) is 7.12. The van der Waals surface area contributed by atoms with Crippen LogP contribution in [0.4, 0.5) is 4.79 Å². The maximum absolute atomic E-state index is 12.6. The summed E-state index contributed by atoms with van der Waals surface area (Å²) in [7, 11) is 0. The number of rotatable bonds is 6. The first kappa shape index (κ1) is 23.6. The fourth-order valence-electron chi connectivity index (χ4n) is 4.20. The number of benzene rings is 1. The van der Waals surface area contributed by atoms with Gasteiger partial charge in [-0.15, -0.1) is 9.94 Å². The average molecular weight is 443 g/mol. The number of carbonyl (C=O) groups excluding carboxylic acids is 2. The second-order valence-corrected chi connectivity index (χ2v) is 10.2. The van der Waals surface area contributed by atoms with E-state index >= 15 is 0 Å². The van der Waals surface area contributed by atoms with Gasteiger partial charge in [0.25, 0.3) is 5.91 Å². The Morgan fingerprint density at radius 1 is 1.09 bits per heavy atom. The maximum atomic E-state index is 12.6. The average Bonchev–Trinajstić information content (AvgIpc) is 3.19. The largest absolute Gasteiger partial charge is 0.415 e. The summed E-state index contributed by atoms with van der Waals surface area (Å²) in [5.41, 5.74) is 0.311. The van der Waals surface area contributed by atoms with Crippen LogP contribution in [0.2, 0.25) is 0 Å². The van der Waals surface area contributed by atoms with E-state index in [9.17, 15) is 9.59 Å². The molecular weight excluding hydrogens is 408 g/mol. The Bertz CT molecular complexity index is 893. The molecule has 1 N–H and O–H groups in total. The Labute approximate surface area is 189 Å². The highest BCUT2D eigenvalue weighted by Crippen LogP contribution is 2.27. The van der Waals surface area contributed by atoms with E-state index in [1.54, 1.807) is 47.6 Å². The van der Waals surface area contributed by atoms with Crippen molar-refractivity contribution in [3.05, 3.63) is 48.3 Å². The number of likely N-dealkylation sites (tertiary alicyclic amines) is 1. The molecular formula is C24H34N4O4. The van der Waals surface area contributed by atoms with Gasteiger partial charge < -0.3 is 19.8 Å². The Balaban J connectivity index is 1.48. The number of ether oxygens (including phenoxy) is 1. The third-order valence-corrected chi connectivity index (χ3v) is 5.18. The number of amides is 2. The molecule has 2 aromatic rings. The number of carbonyl (C=O) groups is 2. The topological polar surface area (TPSA) is 85.7 Å². The summed E-state index contributed by atoms with van der Waals surface area (Å²) in [5.74, 6) is 0.270. The molecule has 1 saturated heterocycles. The van der Waals surface area contributed by atoms with Gasteiger partial charge in [-0.25, -0.2) is 4.79 Å². The second kappa shape index (κ2) is 9.63. The van der Waals surface area contributed by atoms with Crippen molar-refractivity contribution in [2.45, 2.75) is 65.5 Å². The summed E-state index contributed by atoms with van der Waals surface area (Å²) in [6, 6.07) is 8.45. The minimum Gasteiger partial charge on any atom is -0.410 e. The van der Waals surface area contributed by atoms with Crippen LogP contribution in [0.1, 0.15) is 64.2 Å². The smallest absolute Gasteiger partial charge is 0.410 e. The highest BCUT2D eigenvalue weighted by molar-refractivity contribution is 5.94. The van der Waals surface area contributed by atoms with Crippen molar-refractivity contribution in [1.82, 2.24) is 20.2 Å². The van der Waals surface area contributed by atoms with Gasteiger partial charge in [-0.3, -0.25) is 4.79 Å². The third kappa shape index (κ3) is 7.00. The molecule has 0 unspecified atom stereocenters. The van der Waals surface area contributed by atoms with E-state index in [1.807, 2.05) is 13.8 Å². The van der Waals surface area contributed by atoms with Crippen molar-refractivity contribution in [2.75, 3.05) is 13.1 Å². The van der Waals surface area contributed by atoms with Crippen molar-refractivity contribution < 1.29 is 19.2 Å². The van der Waals surface area contributed by atoms with Crippen LogP contribution in [0.25, 0.3) is 0 Å².